The lowest BCUT2D eigenvalue weighted by Gasteiger charge is -2.29. The molecule has 2 unspecified atom stereocenters. The molecule has 2 aliphatic heterocycles. The normalized spacial score (nSPS) is 35.0. The maximum atomic E-state index is 12.1. The molecule has 2 saturated heterocycles. The fraction of sp³-hybridized carbons (Fsp3) is 0.917. The van der Waals surface area contributed by atoms with Gasteiger partial charge in [0.05, 0.1) is 38.3 Å². The fourth-order valence-corrected chi connectivity index (χ4v) is 4.64. The lowest BCUT2D eigenvalue weighted by molar-refractivity contribution is -0.157. The molecule has 0 spiro atoms. The van der Waals surface area contributed by atoms with E-state index in [1.165, 1.54) is 0 Å². The number of hydrogen-bond donors (Lipinski definition) is 0. The van der Waals surface area contributed by atoms with Crippen molar-refractivity contribution in [2.45, 2.75) is 76.8 Å². The molecule has 2 aliphatic carbocycles. The monoisotopic (exact) mass is 454 g/mol. The van der Waals surface area contributed by atoms with Crippen molar-refractivity contribution in [3.05, 3.63) is 0 Å². The van der Waals surface area contributed by atoms with E-state index >= 15 is 0 Å². The fourth-order valence-electron chi connectivity index (χ4n) is 4.64. The van der Waals surface area contributed by atoms with Gasteiger partial charge in [-0.25, -0.2) is 0 Å². The van der Waals surface area contributed by atoms with Crippen LogP contribution >= 0.6 is 0 Å². The van der Waals surface area contributed by atoms with Crippen LogP contribution in [-0.4, -0.2) is 70.1 Å². The first-order valence-corrected chi connectivity index (χ1v) is 12.4. The molecule has 0 aromatic carbocycles. The van der Waals surface area contributed by atoms with Gasteiger partial charge in [-0.15, -0.1) is 0 Å². The van der Waals surface area contributed by atoms with Crippen molar-refractivity contribution in [3.63, 3.8) is 0 Å². The van der Waals surface area contributed by atoms with Crippen LogP contribution < -0.4 is 0 Å². The molecule has 0 aromatic heterocycles. The Morgan fingerprint density at radius 3 is 1.41 bits per heavy atom. The molecule has 2 atom stereocenters. The van der Waals surface area contributed by atoms with Gasteiger partial charge in [0.1, 0.15) is 25.4 Å². The number of epoxide rings is 2. The van der Waals surface area contributed by atoms with Gasteiger partial charge in [0, 0.05) is 0 Å². The molecule has 2 saturated carbocycles. The average molecular weight is 455 g/mol. The molecule has 4 fully saturated rings. The molecule has 8 heteroatoms. The second-order valence-corrected chi connectivity index (χ2v) is 9.84. The summed E-state index contributed by atoms with van der Waals surface area (Å²) >= 11 is 0. The van der Waals surface area contributed by atoms with Gasteiger partial charge in [0.25, 0.3) is 0 Å². The third-order valence-electron chi connectivity index (χ3n) is 7.12. The molecule has 0 bridgehead atoms. The third-order valence-corrected chi connectivity index (χ3v) is 7.12. The highest BCUT2D eigenvalue weighted by Crippen LogP contribution is 2.32. The van der Waals surface area contributed by atoms with Crippen molar-refractivity contribution in [3.8, 4) is 0 Å². The van der Waals surface area contributed by atoms with E-state index < -0.39 is 0 Å². The molecule has 182 valence electrons. The van der Waals surface area contributed by atoms with Gasteiger partial charge < -0.3 is 28.4 Å². The standard InChI is InChI=1S/C24H38O8/c1-16(27-10-17-2-6-19(7-3-17)23(25)31-14-21-12-29-21)28-11-18-4-8-20(9-5-18)24(26)32-15-22-13-30-22/h16-22H,2-15H2,1H3. The first-order valence-electron chi connectivity index (χ1n) is 12.4. The topological polar surface area (TPSA) is 96.1 Å². The minimum Gasteiger partial charge on any atom is -0.463 e. The van der Waals surface area contributed by atoms with E-state index in [1.807, 2.05) is 6.92 Å². The predicted octanol–water partition coefficient (Wildman–Crippen LogP) is 2.86. The Balaban J connectivity index is 1.02. The summed E-state index contributed by atoms with van der Waals surface area (Å²) in [6.07, 6.45) is 7.43. The second kappa shape index (κ2) is 11.8. The SMILES string of the molecule is CC(OCC1CCC(C(=O)OCC2CO2)CC1)OCC1CCC(C(=O)OCC2CO2)CC1. The summed E-state index contributed by atoms with van der Waals surface area (Å²) in [5, 5.41) is 0. The highest BCUT2D eigenvalue weighted by Gasteiger charge is 2.32. The summed E-state index contributed by atoms with van der Waals surface area (Å²) in [7, 11) is 0. The van der Waals surface area contributed by atoms with E-state index in [9.17, 15) is 9.59 Å². The second-order valence-electron chi connectivity index (χ2n) is 9.84. The van der Waals surface area contributed by atoms with Crippen LogP contribution in [0.25, 0.3) is 0 Å². The summed E-state index contributed by atoms with van der Waals surface area (Å²) in [6.45, 7) is 5.51. The predicted molar refractivity (Wildman–Crippen MR) is 114 cm³/mol. The zero-order valence-electron chi connectivity index (χ0n) is 19.2. The van der Waals surface area contributed by atoms with Crippen LogP contribution in [0, 0.1) is 23.7 Å². The number of carbonyl (C=O) groups excluding carboxylic acids is 2. The van der Waals surface area contributed by atoms with E-state index in [-0.39, 0.29) is 42.3 Å². The van der Waals surface area contributed by atoms with Crippen LogP contribution in [0.15, 0.2) is 0 Å². The molecule has 2 heterocycles. The molecule has 4 aliphatic rings. The van der Waals surface area contributed by atoms with Gasteiger partial charge >= 0.3 is 11.9 Å². The molecule has 32 heavy (non-hydrogen) atoms. The lowest BCUT2D eigenvalue weighted by atomic mass is 9.82. The first-order chi connectivity index (χ1) is 15.6. The Morgan fingerprint density at radius 1 is 0.688 bits per heavy atom. The molecule has 0 aromatic rings. The number of esters is 2. The van der Waals surface area contributed by atoms with Crippen LogP contribution in [-0.2, 0) is 38.0 Å². The number of ether oxygens (including phenoxy) is 6. The van der Waals surface area contributed by atoms with Crippen LogP contribution in [0.1, 0.15) is 58.3 Å². The molecule has 8 nitrogen and oxygen atoms in total. The first kappa shape index (κ1) is 23.9. The van der Waals surface area contributed by atoms with Crippen molar-refractivity contribution < 1.29 is 38.0 Å². The number of rotatable bonds is 12. The minimum absolute atomic E-state index is 0.0214. The van der Waals surface area contributed by atoms with Crippen molar-refractivity contribution in [2.75, 3.05) is 39.6 Å². The molecule has 4 rings (SSSR count). The van der Waals surface area contributed by atoms with E-state index in [0.29, 0.717) is 51.5 Å². The highest BCUT2D eigenvalue weighted by atomic mass is 16.7. The summed E-state index contributed by atoms with van der Waals surface area (Å²) in [6, 6.07) is 0. The summed E-state index contributed by atoms with van der Waals surface area (Å²) < 4.78 is 32.7. The van der Waals surface area contributed by atoms with Crippen molar-refractivity contribution >= 4 is 11.9 Å². The number of hydrogen-bond acceptors (Lipinski definition) is 8. The minimum atomic E-state index is -0.238. The van der Waals surface area contributed by atoms with E-state index in [0.717, 1.165) is 51.4 Å². The Labute approximate surface area is 190 Å². The summed E-state index contributed by atoms with van der Waals surface area (Å²) in [4.78, 5) is 24.2. The average Bonchev–Trinajstić information content (AvgIpc) is 3.74. The Kier molecular flexibility index (Phi) is 8.80. The smallest absolute Gasteiger partial charge is 0.309 e. The Morgan fingerprint density at radius 2 is 1.06 bits per heavy atom. The molecular weight excluding hydrogens is 416 g/mol. The van der Waals surface area contributed by atoms with Gasteiger partial charge in [-0.2, -0.15) is 0 Å². The maximum absolute atomic E-state index is 12.1. The highest BCUT2D eigenvalue weighted by molar-refractivity contribution is 5.73. The zero-order chi connectivity index (χ0) is 22.3. The van der Waals surface area contributed by atoms with Crippen LogP contribution in [0.2, 0.25) is 0 Å². The molecule has 0 radical (unpaired) electrons. The lowest BCUT2D eigenvalue weighted by Crippen LogP contribution is -2.29. The largest absolute Gasteiger partial charge is 0.463 e. The molecule has 0 N–H and O–H groups in total. The van der Waals surface area contributed by atoms with E-state index in [2.05, 4.69) is 0 Å². The van der Waals surface area contributed by atoms with Gasteiger partial charge in [-0.3, -0.25) is 9.59 Å². The molecule has 0 amide bonds. The third kappa shape index (κ3) is 7.97. The van der Waals surface area contributed by atoms with Crippen molar-refractivity contribution in [1.29, 1.82) is 0 Å². The van der Waals surface area contributed by atoms with Crippen LogP contribution in [0.3, 0.4) is 0 Å². The van der Waals surface area contributed by atoms with Gasteiger partial charge in [0.15, 0.2) is 6.29 Å². The van der Waals surface area contributed by atoms with Gasteiger partial charge in [-0.05, 0) is 70.1 Å². The van der Waals surface area contributed by atoms with Gasteiger partial charge in [0.2, 0.25) is 0 Å². The van der Waals surface area contributed by atoms with Crippen molar-refractivity contribution in [2.24, 2.45) is 23.7 Å². The maximum Gasteiger partial charge on any atom is 0.309 e. The Hall–Kier alpha value is -1.22. The molecular formula is C24H38O8. The van der Waals surface area contributed by atoms with Crippen molar-refractivity contribution in [1.82, 2.24) is 0 Å². The van der Waals surface area contributed by atoms with E-state index in [4.69, 9.17) is 28.4 Å². The van der Waals surface area contributed by atoms with Gasteiger partial charge in [-0.1, -0.05) is 0 Å². The quantitative estimate of drug-likeness (QED) is 0.252. The number of carbonyl (C=O) groups is 2. The zero-order valence-corrected chi connectivity index (χ0v) is 19.2. The van der Waals surface area contributed by atoms with E-state index in [1.54, 1.807) is 0 Å². The van der Waals surface area contributed by atoms with Crippen LogP contribution in [0.4, 0.5) is 0 Å². The summed E-state index contributed by atoms with van der Waals surface area (Å²) in [5.74, 6) is 0.841. The van der Waals surface area contributed by atoms with Crippen LogP contribution in [0.5, 0.6) is 0 Å². The Bertz CT molecular complexity index is 549. The summed E-state index contributed by atoms with van der Waals surface area (Å²) in [5.41, 5.74) is 0.